The largest absolute Gasteiger partial charge is 0.493 e. The Morgan fingerprint density at radius 3 is 2.56 bits per heavy atom. The van der Waals surface area contributed by atoms with Gasteiger partial charge in [-0.3, -0.25) is 15.0 Å². The number of carbonyl (C=O) groups excluding carboxylic acids is 2. The average Bonchev–Trinajstić information content (AvgIpc) is 2.95. The summed E-state index contributed by atoms with van der Waals surface area (Å²) < 4.78 is 16.5. The molecule has 2 aliphatic rings. The molecule has 10 heteroatoms. The quantitative estimate of drug-likeness (QED) is 0.424. The van der Waals surface area contributed by atoms with Crippen LogP contribution in [0.25, 0.3) is 0 Å². The average molecular weight is 555 g/mol. The van der Waals surface area contributed by atoms with Crippen molar-refractivity contribution in [2.45, 2.75) is 33.2 Å². The first kappa shape index (κ1) is 28.8. The normalized spacial score (nSPS) is 17.9. The predicted octanol–water partition coefficient (Wildman–Crippen LogP) is 4.85. The third-order valence-electron chi connectivity index (χ3n) is 6.85. The Morgan fingerprint density at radius 1 is 1.10 bits per heavy atom. The number of rotatable bonds is 11. The van der Waals surface area contributed by atoms with Gasteiger partial charge in [0.05, 0.1) is 26.0 Å². The van der Waals surface area contributed by atoms with Crippen LogP contribution in [0.15, 0.2) is 47.6 Å². The van der Waals surface area contributed by atoms with Crippen molar-refractivity contribution in [2.24, 2.45) is 11.0 Å². The van der Waals surface area contributed by atoms with Gasteiger partial charge in [-0.25, -0.2) is 9.80 Å². The smallest absolute Gasteiger partial charge is 0.411 e. The van der Waals surface area contributed by atoms with Gasteiger partial charge < -0.3 is 14.2 Å². The Balaban J connectivity index is 1.38. The Kier molecular flexibility index (Phi) is 10.5. The minimum atomic E-state index is -0.467. The molecule has 0 radical (unpaired) electrons. The van der Waals surface area contributed by atoms with E-state index in [1.54, 1.807) is 7.11 Å². The summed E-state index contributed by atoms with van der Waals surface area (Å²) in [5, 5.41) is 9.09. The molecule has 9 nitrogen and oxygen atoms in total. The van der Waals surface area contributed by atoms with E-state index < -0.39 is 6.09 Å². The molecule has 2 aromatic rings. The van der Waals surface area contributed by atoms with Crippen LogP contribution in [-0.4, -0.2) is 79.1 Å². The summed E-state index contributed by atoms with van der Waals surface area (Å²) in [7, 11) is 1.62. The number of amides is 2. The summed E-state index contributed by atoms with van der Waals surface area (Å²) in [4.78, 5) is 27.4. The van der Waals surface area contributed by atoms with Crippen molar-refractivity contribution in [2.75, 3.05) is 56.8 Å². The molecule has 0 aromatic heterocycles. The standard InChI is InChI=1S/C29H38N4O5S/c1-4-22-19-27(34)33(31-28(22)23-8-11-25(36-3)26(18-23)37-5-2)20-21-6-9-24(10-7-21)30-29(35)38-15-12-32-13-16-39-17-14-32/h6-11,18,22H,4-5,12-17,19-20H2,1-3H3,(H,30,35). The Bertz CT molecular complexity index is 1150. The summed E-state index contributed by atoms with van der Waals surface area (Å²) in [6.45, 7) is 8.05. The third-order valence-corrected chi connectivity index (χ3v) is 7.80. The number of thioether (sulfide) groups is 1. The predicted molar refractivity (Wildman–Crippen MR) is 155 cm³/mol. The van der Waals surface area contributed by atoms with Crippen molar-refractivity contribution >= 4 is 35.2 Å². The van der Waals surface area contributed by atoms with Crippen molar-refractivity contribution in [3.05, 3.63) is 53.6 Å². The zero-order valence-electron chi connectivity index (χ0n) is 23.0. The lowest BCUT2D eigenvalue weighted by Gasteiger charge is -2.29. The molecule has 2 amide bonds. The van der Waals surface area contributed by atoms with Crippen molar-refractivity contribution in [3.63, 3.8) is 0 Å². The molecule has 1 fully saturated rings. The van der Waals surface area contributed by atoms with E-state index in [1.807, 2.05) is 61.2 Å². The first-order valence-corrected chi connectivity index (χ1v) is 14.7. The van der Waals surface area contributed by atoms with Crippen LogP contribution in [0, 0.1) is 5.92 Å². The van der Waals surface area contributed by atoms with Gasteiger partial charge in [0.1, 0.15) is 6.61 Å². The molecule has 0 aliphatic carbocycles. The fourth-order valence-electron chi connectivity index (χ4n) is 4.65. The summed E-state index contributed by atoms with van der Waals surface area (Å²) in [5.41, 5.74) is 3.33. The van der Waals surface area contributed by atoms with Gasteiger partial charge in [0.15, 0.2) is 11.5 Å². The summed E-state index contributed by atoms with van der Waals surface area (Å²) in [6.07, 6.45) is 0.737. The highest BCUT2D eigenvalue weighted by Crippen LogP contribution is 2.32. The lowest BCUT2D eigenvalue weighted by molar-refractivity contribution is -0.133. The Labute approximate surface area is 234 Å². The van der Waals surface area contributed by atoms with Gasteiger partial charge >= 0.3 is 6.09 Å². The van der Waals surface area contributed by atoms with Crippen LogP contribution in [0.2, 0.25) is 0 Å². The topological polar surface area (TPSA) is 92.7 Å². The van der Waals surface area contributed by atoms with Crippen LogP contribution in [0.3, 0.4) is 0 Å². The number of carbonyl (C=O) groups is 2. The van der Waals surface area contributed by atoms with Crippen molar-refractivity contribution in [3.8, 4) is 11.5 Å². The van der Waals surface area contributed by atoms with Crippen molar-refractivity contribution < 1.29 is 23.8 Å². The van der Waals surface area contributed by atoms with E-state index >= 15 is 0 Å². The van der Waals surface area contributed by atoms with Gasteiger partial charge in [0.25, 0.3) is 0 Å². The number of nitrogens with zero attached hydrogens (tertiary/aromatic N) is 3. The van der Waals surface area contributed by atoms with E-state index in [4.69, 9.17) is 19.3 Å². The minimum absolute atomic E-state index is 0.0118. The molecule has 1 saturated heterocycles. The van der Waals surface area contributed by atoms with Crippen LogP contribution >= 0.6 is 11.8 Å². The summed E-state index contributed by atoms with van der Waals surface area (Å²) >= 11 is 1.96. The van der Waals surface area contributed by atoms with Crippen LogP contribution < -0.4 is 14.8 Å². The van der Waals surface area contributed by atoms with Gasteiger partial charge in [0, 0.05) is 54.7 Å². The highest BCUT2D eigenvalue weighted by Gasteiger charge is 2.30. The molecule has 39 heavy (non-hydrogen) atoms. The molecule has 1 N–H and O–H groups in total. The van der Waals surface area contributed by atoms with E-state index in [2.05, 4.69) is 17.1 Å². The van der Waals surface area contributed by atoms with E-state index in [0.29, 0.717) is 43.4 Å². The van der Waals surface area contributed by atoms with Gasteiger partial charge in [-0.2, -0.15) is 16.9 Å². The van der Waals surface area contributed by atoms with Gasteiger partial charge in [-0.15, -0.1) is 0 Å². The molecular weight excluding hydrogens is 516 g/mol. The fourth-order valence-corrected chi connectivity index (χ4v) is 5.63. The molecule has 2 aliphatic heterocycles. The molecule has 0 spiro atoms. The van der Waals surface area contributed by atoms with Gasteiger partial charge in [-0.05, 0) is 49.2 Å². The fraction of sp³-hybridized carbons (Fsp3) is 0.483. The van der Waals surface area contributed by atoms with Crippen molar-refractivity contribution in [1.82, 2.24) is 9.91 Å². The molecule has 0 bridgehead atoms. The van der Waals surface area contributed by atoms with Crippen LogP contribution in [0.5, 0.6) is 11.5 Å². The first-order chi connectivity index (χ1) is 19.0. The summed E-state index contributed by atoms with van der Waals surface area (Å²) in [6, 6.07) is 13.2. The maximum absolute atomic E-state index is 12.9. The number of nitrogens with one attached hydrogen (secondary N) is 1. The van der Waals surface area contributed by atoms with Gasteiger partial charge in [0.2, 0.25) is 5.91 Å². The van der Waals surface area contributed by atoms with Crippen LogP contribution in [0.4, 0.5) is 10.5 Å². The maximum atomic E-state index is 12.9. The zero-order valence-corrected chi connectivity index (χ0v) is 23.8. The lowest BCUT2D eigenvalue weighted by atomic mass is 9.89. The van der Waals surface area contributed by atoms with E-state index in [1.165, 1.54) is 5.01 Å². The molecule has 0 saturated carbocycles. The zero-order chi connectivity index (χ0) is 27.6. The number of benzene rings is 2. The third kappa shape index (κ3) is 7.89. The minimum Gasteiger partial charge on any atom is -0.493 e. The molecule has 2 aromatic carbocycles. The Morgan fingerprint density at radius 2 is 1.87 bits per heavy atom. The van der Waals surface area contributed by atoms with Crippen molar-refractivity contribution in [1.29, 1.82) is 0 Å². The van der Waals surface area contributed by atoms with E-state index in [-0.39, 0.29) is 11.8 Å². The van der Waals surface area contributed by atoms with Crippen LogP contribution in [0.1, 0.15) is 37.8 Å². The highest BCUT2D eigenvalue weighted by atomic mass is 32.2. The first-order valence-electron chi connectivity index (χ1n) is 13.5. The second-order valence-corrected chi connectivity index (χ2v) is 10.7. The second kappa shape index (κ2) is 14.2. The molecule has 1 unspecified atom stereocenters. The lowest BCUT2D eigenvalue weighted by Crippen LogP contribution is -2.36. The number of anilines is 1. The monoisotopic (exact) mass is 554 g/mol. The SMILES string of the molecule is CCOc1cc(C2=NN(Cc3ccc(NC(=O)OCCN4CCSCC4)cc3)C(=O)CC2CC)ccc1OC. The Hall–Kier alpha value is -3.24. The second-order valence-electron chi connectivity index (χ2n) is 9.46. The number of hydrogen-bond acceptors (Lipinski definition) is 8. The molecule has 4 rings (SSSR count). The number of methoxy groups -OCH3 is 1. The van der Waals surface area contributed by atoms with E-state index in [0.717, 1.165) is 54.4 Å². The number of hydrazone groups is 1. The summed E-state index contributed by atoms with van der Waals surface area (Å²) in [5.74, 6) is 3.60. The molecule has 210 valence electrons. The highest BCUT2D eigenvalue weighted by molar-refractivity contribution is 7.99. The van der Waals surface area contributed by atoms with E-state index in [9.17, 15) is 9.59 Å². The molecular formula is C29H38N4O5S. The number of ether oxygens (including phenoxy) is 3. The maximum Gasteiger partial charge on any atom is 0.411 e. The molecule has 2 heterocycles. The van der Waals surface area contributed by atoms with Crippen LogP contribution in [-0.2, 0) is 16.1 Å². The molecule has 1 atom stereocenters. The van der Waals surface area contributed by atoms with Gasteiger partial charge in [-0.1, -0.05) is 19.1 Å². The number of hydrogen-bond donors (Lipinski definition) is 1.